The fourth-order valence-electron chi connectivity index (χ4n) is 3.49. The minimum absolute atomic E-state index is 0.100. The van der Waals surface area contributed by atoms with Crippen molar-refractivity contribution in [2.75, 3.05) is 29.1 Å². The molecule has 1 aromatic heterocycles. The van der Waals surface area contributed by atoms with Crippen molar-refractivity contribution in [3.8, 4) is 11.5 Å². The summed E-state index contributed by atoms with van der Waals surface area (Å²) in [6.07, 6.45) is 3.81. The number of piperidine rings is 1. The molecule has 1 fully saturated rings. The zero-order valence-corrected chi connectivity index (χ0v) is 18.2. The number of anilines is 2. The number of aromatic nitrogens is 2. The number of benzene rings is 2. The van der Waals surface area contributed by atoms with Crippen LogP contribution in [0.15, 0.2) is 52.1 Å². The Balaban J connectivity index is 1.29. The Morgan fingerprint density at radius 2 is 1.80 bits per heavy atom. The van der Waals surface area contributed by atoms with Crippen LogP contribution in [-0.4, -0.2) is 34.9 Å². The van der Waals surface area contributed by atoms with Gasteiger partial charge in [-0.25, -0.2) is 0 Å². The standard InChI is InChI=1S/C23H26N4O2S/c1-16-6-7-18(14-17(16)2)22-25-26-23(29-22)30-15-21(28)24-19-8-10-20(11-9-19)27-12-4-3-5-13-27/h6-11,14H,3-5,12-13,15H2,1-2H3,(H,24,28). The van der Waals surface area contributed by atoms with E-state index >= 15 is 0 Å². The maximum atomic E-state index is 12.3. The van der Waals surface area contributed by atoms with Crippen molar-refractivity contribution >= 4 is 29.0 Å². The molecular formula is C23H26N4O2S. The third-order valence-electron chi connectivity index (χ3n) is 5.36. The van der Waals surface area contributed by atoms with Gasteiger partial charge in [0.25, 0.3) is 5.22 Å². The number of thioether (sulfide) groups is 1. The average Bonchev–Trinajstić information content (AvgIpc) is 3.24. The van der Waals surface area contributed by atoms with Crippen molar-refractivity contribution in [2.45, 2.75) is 38.3 Å². The van der Waals surface area contributed by atoms with E-state index < -0.39 is 0 Å². The van der Waals surface area contributed by atoms with E-state index in [9.17, 15) is 4.79 Å². The van der Waals surface area contributed by atoms with Crippen LogP contribution in [0.3, 0.4) is 0 Å². The van der Waals surface area contributed by atoms with Crippen LogP contribution in [-0.2, 0) is 4.79 Å². The van der Waals surface area contributed by atoms with Gasteiger partial charge in [-0.3, -0.25) is 4.79 Å². The molecule has 1 N–H and O–H groups in total. The predicted octanol–water partition coefficient (Wildman–Crippen LogP) is 5.07. The quantitative estimate of drug-likeness (QED) is 0.559. The van der Waals surface area contributed by atoms with Crippen molar-refractivity contribution in [3.05, 3.63) is 53.6 Å². The molecule has 1 saturated heterocycles. The summed E-state index contributed by atoms with van der Waals surface area (Å²) in [5.74, 6) is 0.577. The van der Waals surface area contributed by atoms with Crippen LogP contribution in [0, 0.1) is 13.8 Å². The summed E-state index contributed by atoms with van der Waals surface area (Å²) < 4.78 is 5.70. The van der Waals surface area contributed by atoms with E-state index in [1.54, 1.807) is 0 Å². The number of hydrogen-bond donors (Lipinski definition) is 1. The van der Waals surface area contributed by atoms with Crippen molar-refractivity contribution in [1.82, 2.24) is 10.2 Å². The van der Waals surface area contributed by atoms with Gasteiger partial charge in [0.15, 0.2) is 0 Å². The van der Waals surface area contributed by atoms with Crippen molar-refractivity contribution in [2.24, 2.45) is 0 Å². The van der Waals surface area contributed by atoms with E-state index in [4.69, 9.17) is 4.42 Å². The lowest BCUT2D eigenvalue weighted by molar-refractivity contribution is -0.113. The minimum atomic E-state index is -0.100. The second-order valence-electron chi connectivity index (χ2n) is 7.60. The molecule has 6 nitrogen and oxygen atoms in total. The van der Waals surface area contributed by atoms with Crippen molar-refractivity contribution in [1.29, 1.82) is 0 Å². The van der Waals surface area contributed by atoms with E-state index in [0.29, 0.717) is 11.1 Å². The Kier molecular flexibility index (Phi) is 6.38. The number of hydrogen-bond acceptors (Lipinski definition) is 6. The molecule has 2 aromatic carbocycles. The van der Waals surface area contributed by atoms with Crippen LogP contribution in [0.2, 0.25) is 0 Å². The summed E-state index contributed by atoms with van der Waals surface area (Å²) in [4.78, 5) is 14.7. The lowest BCUT2D eigenvalue weighted by Gasteiger charge is -2.28. The van der Waals surface area contributed by atoms with Gasteiger partial charge in [0, 0.05) is 30.0 Å². The van der Waals surface area contributed by atoms with Crippen molar-refractivity contribution < 1.29 is 9.21 Å². The zero-order chi connectivity index (χ0) is 20.9. The molecule has 0 saturated carbocycles. The number of carbonyl (C=O) groups excluding carboxylic acids is 1. The number of nitrogens with zero attached hydrogens (tertiary/aromatic N) is 3. The lowest BCUT2D eigenvalue weighted by Crippen LogP contribution is -2.29. The molecule has 0 unspecified atom stereocenters. The Hall–Kier alpha value is -2.80. The average molecular weight is 423 g/mol. The first kappa shape index (κ1) is 20.5. The first-order chi connectivity index (χ1) is 14.6. The highest BCUT2D eigenvalue weighted by Gasteiger charge is 2.13. The van der Waals surface area contributed by atoms with Gasteiger partial charge in [0.1, 0.15) is 0 Å². The van der Waals surface area contributed by atoms with Crippen LogP contribution in [0.4, 0.5) is 11.4 Å². The second-order valence-corrected chi connectivity index (χ2v) is 8.53. The molecule has 0 bridgehead atoms. The maximum Gasteiger partial charge on any atom is 0.277 e. The van der Waals surface area contributed by atoms with E-state index in [1.165, 1.54) is 47.8 Å². The van der Waals surface area contributed by atoms with E-state index in [2.05, 4.69) is 39.5 Å². The molecule has 30 heavy (non-hydrogen) atoms. The topological polar surface area (TPSA) is 71.3 Å². The normalized spacial score (nSPS) is 14.0. The summed E-state index contributed by atoms with van der Waals surface area (Å²) in [5, 5.41) is 11.5. The lowest BCUT2D eigenvalue weighted by atomic mass is 10.1. The molecule has 2 heterocycles. The molecular weight excluding hydrogens is 396 g/mol. The number of nitrogens with one attached hydrogen (secondary N) is 1. The Bertz CT molecular complexity index is 1010. The van der Waals surface area contributed by atoms with Crippen LogP contribution in [0.1, 0.15) is 30.4 Å². The van der Waals surface area contributed by atoms with Gasteiger partial charge in [-0.2, -0.15) is 0 Å². The van der Waals surface area contributed by atoms with Crippen LogP contribution >= 0.6 is 11.8 Å². The fraction of sp³-hybridized carbons (Fsp3) is 0.348. The maximum absolute atomic E-state index is 12.3. The van der Waals surface area contributed by atoms with Crippen LogP contribution < -0.4 is 10.2 Å². The third-order valence-corrected chi connectivity index (χ3v) is 6.18. The first-order valence-electron chi connectivity index (χ1n) is 10.3. The van der Waals surface area contributed by atoms with Gasteiger partial charge in [-0.1, -0.05) is 17.8 Å². The Morgan fingerprint density at radius 3 is 2.53 bits per heavy atom. The molecule has 0 aliphatic carbocycles. The molecule has 1 aliphatic heterocycles. The van der Waals surface area contributed by atoms with Gasteiger partial charge in [0.05, 0.1) is 5.75 Å². The number of carbonyl (C=O) groups is 1. The van der Waals surface area contributed by atoms with Crippen molar-refractivity contribution in [3.63, 3.8) is 0 Å². The smallest absolute Gasteiger partial charge is 0.277 e. The zero-order valence-electron chi connectivity index (χ0n) is 17.4. The van der Waals surface area contributed by atoms with Crippen LogP contribution in [0.25, 0.3) is 11.5 Å². The SMILES string of the molecule is Cc1ccc(-c2nnc(SCC(=O)Nc3ccc(N4CCCCC4)cc3)o2)cc1C. The van der Waals surface area contributed by atoms with E-state index in [0.717, 1.165) is 24.3 Å². The molecule has 4 rings (SSSR count). The highest BCUT2D eigenvalue weighted by atomic mass is 32.2. The molecule has 0 radical (unpaired) electrons. The largest absolute Gasteiger partial charge is 0.411 e. The van der Waals surface area contributed by atoms with Gasteiger partial charge >= 0.3 is 0 Å². The molecule has 156 valence electrons. The highest BCUT2D eigenvalue weighted by molar-refractivity contribution is 7.99. The first-order valence-corrected chi connectivity index (χ1v) is 11.3. The van der Waals surface area contributed by atoms with E-state index in [-0.39, 0.29) is 11.7 Å². The third kappa shape index (κ3) is 5.02. The summed E-state index contributed by atoms with van der Waals surface area (Å²) in [7, 11) is 0. The monoisotopic (exact) mass is 422 g/mol. The number of aryl methyl sites for hydroxylation is 2. The van der Waals surface area contributed by atoms with E-state index in [1.807, 2.05) is 37.3 Å². The second kappa shape index (κ2) is 9.34. The highest BCUT2D eigenvalue weighted by Crippen LogP contribution is 2.25. The van der Waals surface area contributed by atoms with Gasteiger partial charge in [-0.15, -0.1) is 10.2 Å². The molecule has 0 atom stereocenters. The Labute approximate surface area is 181 Å². The predicted molar refractivity (Wildman–Crippen MR) is 121 cm³/mol. The molecule has 1 aliphatic rings. The fourth-order valence-corrected chi connectivity index (χ4v) is 4.05. The van der Waals surface area contributed by atoms with Gasteiger partial charge < -0.3 is 14.6 Å². The summed E-state index contributed by atoms with van der Waals surface area (Å²) in [6.45, 7) is 6.33. The molecule has 7 heteroatoms. The molecule has 1 amide bonds. The summed E-state index contributed by atoms with van der Waals surface area (Å²) >= 11 is 1.24. The van der Waals surface area contributed by atoms with Crippen LogP contribution in [0.5, 0.6) is 0 Å². The minimum Gasteiger partial charge on any atom is -0.411 e. The number of rotatable bonds is 6. The summed E-state index contributed by atoms with van der Waals surface area (Å²) in [6, 6.07) is 14.1. The number of amides is 1. The molecule has 3 aromatic rings. The van der Waals surface area contributed by atoms with Gasteiger partial charge in [-0.05, 0) is 80.6 Å². The Morgan fingerprint density at radius 1 is 1.03 bits per heavy atom. The van der Waals surface area contributed by atoms with Gasteiger partial charge in [0.2, 0.25) is 11.8 Å². The molecule has 0 spiro atoms. The summed E-state index contributed by atoms with van der Waals surface area (Å²) in [5.41, 5.74) is 5.28.